The lowest BCUT2D eigenvalue weighted by Gasteiger charge is -2.37. The molecule has 0 spiro atoms. The van der Waals surface area contributed by atoms with Crippen LogP contribution in [0.3, 0.4) is 0 Å². The average Bonchev–Trinajstić information content (AvgIpc) is 2.01. The molecule has 0 amide bonds. The van der Waals surface area contributed by atoms with Gasteiger partial charge in [-0.3, -0.25) is 4.90 Å². The van der Waals surface area contributed by atoms with Gasteiger partial charge in [0.2, 0.25) is 0 Å². The second-order valence-corrected chi connectivity index (χ2v) is 5.04. The molecule has 1 aliphatic heterocycles. The van der Waals surface area contributed by atoms with Crippen molar-refractivity contribution in [2.75, 3.05) is 26.2 Å². The Labute approximate surface area is 84.4 Å². The zero-order chi connectivity index (χ0) is 10.8. The predicted molar refractivity (Wildman–Crippen MR) is 53.5 cm³/mol. The molecule has 0 bridgehead atoms. The first-order valence-corrected chi connectivity index (χ1v) is 5.15. The highest BCUT2D eigenvalue weighted by Crippen LogP contribution is 2.28. The molecular formula is C10H20F2N2. The zero-order valence-corrected chi connectivity index (χ0v) is 9.02. The molecule has 0 saturated carbocycles. The number of nitrogens with zero attached hydrogens (tertiary/aromatic N) is 1. The summed E-state index contributed by atoms with van der Waals surface area (Å²) in [5.74, 6) is -2.50. The molecule has 0 unspecified atom stereocenters. The van der Waals surface area contributed by atoms with E-state index < -0.39 is 5.92 Å². The Morgan fingerprint density at radius 2 is 2.07 bits per heavy atom. The Morgan fingerprint density at radius 1 is 1.43 bits per heavy atom. The lowest BCUT2D eigenvalue weighted by molar-refractivity contribution is -0.0703. The number of halogens is 2. The van der Waals surface area contributed by atoms with Crippen molar-refractivity contribution in [1.82, 2.24) is 4.90 Å². The topological polar surface area (TPSA) is 29.3 Å². The van der Waals surface area contributed by atoms with Crippen molar-refractivity contribution in [2.45, 2.75) is 32.6 Å². The highest BCUT2D eigenvalue weighted by atomic mass is 19.3. The molecule has 4 heteroatoms. The summed E-state index contributed by atoms with van der Waals surface area (Å²) in [6, 6.07) is 0. The second-order valence-electron chi connectivity index (χ2n) is 5.04. The van der Waals surface area contributed by atoms with Gasteiger partial charge in [-0.1, -0.05) is 13.8 Å². The maximum absolute atomic E-state index is 13.1. The summed E-state index contributed by atoms with van der Waals surface area (Å²) in [7, 11) is 0. The third-order valence-electron chi connectivity index (χ3n) is 2.68. The first-order chi connectivity index (χ1) is 6.35. The monoisotopic (exact) mass is 206 g/mol. The summed E-state index contributed by atoms with van der Waals surface area (Å²) < 4.78 is 26.1. The number of alkyl halides is 2. The largest absolute Gasteiger partial charge is 0.330 e. The van der Waals surface area contributed by atoms with Crippen LogP contribution in [0, 0.1) is 5.41 Å². The molecule has 1 heterocycles. The van der Waals surface area contributed by atoms with E-state index in [9.17, 15) is 8.78 Å². The maximum Gasteiger partial charge on any atom is 0.260 e. The first kappa shape index (κ1) is 11.9. The summed E-state index contributed by atoms with van der Waals surface area (Å²) in [6.07, 6.45) is 0.625. The number of likely N-dealkylation sites (tertiary alicyclic amines) is 1. The van der Waals surface area contributed by atoms with Gasteiger partial charge < -0.3 is 5.73 Å². The Hall–Kier alpha value is -0.220. The van der Waals surface area contributed by atoms with E-state index in [2.05, 4.69) is 0 Å². The smallest absolute Gasteiger partial charge is 0.260 e. The quantitative estimate of drug-likeness (QED) is 0.761. The van der Waals surface area contributed by atoms with E-state index in [4.69, 9.17) is 5.73 Å². The fraction of sp³-hybridized carbons (Fsp3) is 1.00. The van der Waals surface area contributed by atoms with Crippen molar-refractivity contribution in [3.63, 3.8) is 0 Å². The molecule has 14 heavy (non-hydrogen) atoms. The van der Waals surface area contributed by atoms with E-state index in [-0.39, 0.29) is 18.4 Å². The number of piperidine rings is 1. The highest BCUT2D eigenvalue weighted by Gasteiger charge is 2.36. The lowest BCUT2D eigenvalue weighted by Crippen LogP contribution is -2.47. The minimum atomic E-state index is -2.50. The van der Waals surface area contributed by atoms with Crippen LogP contribution in [0.5, 0.6) is 0 Å². The van der Waals surface area contributed by atoms with Crippen LogP contribution in [0.2, 0.25) is 0 Å². The standard InChI is InChI=1S/C10H20F2N2/c1-9(2,6-13)7-14-5-3-4-10(11,12)8-14/h3-8,13H2,1-2H3. The van der Waals surface area contributed by atoms with Crippen LogP contribution in [-0.2, 0) is 0 Å². The molecule has 1 fully saturated rings. The van der Waals surface area contributed by atoms with Gasteiger partial charge in [0, 0.05) is 13.0 Å². The molecule has 84 valence electrons. The SMILES string of the molecule is CC(C)(CN)CN1CCCC(F)(F)C1. The van der Waals surface area contributed by atoms with Crippen molar-refractivity contribution >= 4 is 0 Å². The summed E-state index contributed by atoms with van der Waals surface area (Å²) in [4.78, 5) is 1.83. The van der Waals surface area contributed by atoms with Gasteiger partial charge >= 0.3 is 0 Å². The highest BCUT2D eigenvalue weighted by molar-refractivity contribution is 4.82. The number of hydrogen-bond acceptors (Lipinski definition) is 2. The molecule has 0 aromatic carbocycles. The van der Waals surface area contributed by atoms with E-state index in [0.717, 1.165) is 6.54 Å². The van der Waals surface area contributed by atoms with Gasteiger partial charge in [0.05, 0.1) is 6.54 Å². The molecule has 1 aliphatic rings. The number of rotatable bonds is 3. The van der Waals surface area contributed by atoms with Gasteiger partial charge in [0.15, 0.2) is 0 Å². The first-order valence-electron chi connectivity index (χ1n) is 5.15. The molecule has 0 aliphatic carbocycles. The molecular weight excluding hydrogens is 186 g/mol. The van der Waals surface area contributed by atoms with Gasteiger partial charge in [0.25, 0.3) is 5.92 Å². The van der Waals surface area contributed by atoms with E-state index >= 15 is 0 Å². The van der Waals surface area contributed by atoms with Crippen LogP contribution in [0.15, 0.2) is 0 Å². The van der Waals surface area contributed by atoms with Crippen molar-refractivity contribution < 1.29 is 8.78 Å². The molecule has 2 N–H and O–H groups in total. The van der Waals surface area contributed by atoms with Crippen molar-refractivity contribution in [1.29, 1.82) is 0 Å². The second kappa shape index (κ2) is 4.11. The predicted octanol–water partition coefficient (Wildman–Crippen LogP) is 1.70. The summed E-state index contributed by atoms with van der Waals surface area (Å²) in [5, 5.41) is 0. The van der Waals surface area contributed by atoms with Crippen molar-refractivity contribution in [3.8, 4) is 0 Å². The average molecular weight is 206 g/mol. The minimum Gasteiger partial charge on any atom is -0.330 e. The Balaban J connectivity index is 2.46. The van der Waals surface area contributed by atoms with E-state index in [1.807, 2.05) is 18.7 Å². The van der Waals surface area contributed by atoms with E-state index in [1.54, 1.807) is 0 Å². The van der Waals surface area contributed by atoms with Gasteiger partial charge in [-0.25, -0.2) is 8.78 Å². The van der Waals surface area contributed by atoms with Crippen LogP contribution in [-0.4, -0.2) is 37.0 Å². The van der Waals surface area contributed by atoms with Gasteiger partial charge in [-0.2, -0.15) is 0 Å². The van der Waals surface area contributed by atoms with Gasteiger partial charge in [-0.05, 0) is 24.9 Å². The molecule has 0 aromatic heterocycles. The molecule has 1 rings (SSSR count). The third-order valence-corrected chi connectivity index (χ3v) is 2.68. The van der Waals surface area contributed by atoms with Gasteiger partial charge in [0.1, 0.15) is 0 Å². The number of nitrogens with two attached hydrogens (primary N) is 1. The van der Waals surface area contributed by atoms with Crippen molar-refractivity contribution in [3.05, 3.63) is 0 Å². The molecule has 0 aromatic rings. The van der Waals surface area contributed by atoms with Crippen LogP contribution >= 0.6 is 0 Å². The Morgan fingerprint density at radius 3 is 2.57 bits per heavy atom. The van der Waals surface area contributed by atoms with E-state index in [1.165, 1.54) is 0 Å². The fourth-order valence-electron chi connectivity index (χ4n) is 1.85. The van der Waals surface area contributed by atoms with Crippen LogP contribution in [0.1, 0.15) is 26.7 Å². The number of hydrogen-bond donors (Lipinski definition) is 1. The molecule has 0 radical (unpaired) electrons. The fourth-order valence-corrected chi connectivity index (χ4v) is 1.85. The lowest BCUT2D eigenvalue weighted by atomic mass is 9.92. The van der Waals surface area contributed by atoms with Crippen LogP contribution in [0.25, 0.3) is 0 Å². The normalized spacial score (nSPS) is 23.8. The van der Waals surface area contributed by atoms with Crippen LogP contribution < -0.4 is 5.73 Å². The maximum atomic E-state index is 13.1. The third kappa shape index (κ3) is 3.50. The Bertz CT molecular complexity index is 193. The van der Waals surface area contributed by atoms with Crippen LogP contribution in [0.4, 0.5) is 8.78 Å². The minimum absolute atomic E-state index is 0.0343. The summed E-state index contributed by atoms with van der Waals surface area (Å²) >= 11 is 0. The molecule has 1 saturated heterocycles. The Kier molecular flexibility index (Phi) is 3.48. The van der Waals surface area contributed by atoms with E-state index in [0.29, 0.717) is 19.5 Å². The van der Waals surface area contributed by atoms with Crippen molar-refractivity contribution in [2.24, 2.45) is 11.1 Å². The van der Waals surface area contributed by atoms with Gasteiger partial charge in [-0.15, -0.1) is 0 Å². The molecule has 0 atom stereocenters. The molecule has 2 nitrogen and oxygen atoms in total. The summed E-state index contributed by atoms with van der Waals surface area (Å²) in [5.41, 5.74) is 5.51. The summed E-state index contributed by atoms with van der Waals surface area (Å²) in [6.45, 7) is 5.91. The zero-order valence-electron chi connectivity index (χ0n) is 9.02.